The maximum absolute atomic E-state index is 12.9. The number of ether oxygens (including phenoxy) is 3. The highest BCUT2D eigenvalue weighted by molar-refractivity contribution is 5.96. The molecule has 0 aromatic heterocycles. The average Bonchev–Trinajstić information content (AvgIpc) is 3.06. The van der Waals surface area contributed by atoms with Crippen LogP contribution in [0.2, 0.25) is 0 Å². The lowest BCUT2D eigenvalue weighted by Crippen LogP contribution is -2.39. The van der Waals surface area contributed by atoms with Crippen molar-refractivity contribution in [2.75, 3.05) is 32.9 Å². The molecule has 0 saturated carbocycles. The molecular formula is C18H28N2O4. The van der Waals surface area contributed by atoms with Gasteiger partial charge in [-0.2, -0.15) is 0 Å². The van der Waals surface area contributed by atoms with Gasteiger partial charge < -0.3 is 24.8 Å². The first-order valence-corrected chi connectivity index (χ1v) is 8.73. The number of likely N-dealkylation sites (tertiary alicyclic amines) is 1. The van der Waals surface area contributed by atoms with Crippen LogP contribution in [0.4, 0.5) is 0 Å². The second-order valence-corrected chi connectivity index (χ2v) is 5.63. The summed E-state index contributed by atoms with van der Waals surface area (Å²) in [4.78, 5) is 14.8. The molecule has 0 spiro atoms. The number of benzene rings is 1. The van der Waals surface area contributed by atoms with Crippen molar-refractivity contribution in [3.05, 3.63) is 17.7 Å². The molecule has 1 unspecified atom stereocenters. The van der Waals surface area contributed by atoms with E-state index in [0.29, 0.717) is 49.2 Å². The van der Waals surface area contributed by atoms with E-state index in [-0.39, 0.29) is 11.9 Å². The zero-order valence-corrected chi connectivity index (χ0v) is 14.8. The summed E-state index contributed by atoms with van der Waals surface area (Å²) < 4.78 is 17.0. The summed E-state index contributed by atoms with van der Waals surface area (Å²) in [5.41, 5.74) is 6.34. The van der Waals surface area contributed by atoms with E-state index in [2.05, 4.69) is 0 Å². The molecule has 134 valence electrons. The maximum Gasteiger partial charge on any atom is 0.254 e. The Morgan fingerprint density at radius 3 is 2.21 bits per heavy atom. The normalized spacial score (nSPS) is 17.0. The van der Waals surface area contributed by atoms with Crippen LogP contribution >= 0.6 is 0 Å². The van der Waals surface area contributed by atoms with Gasteiger partial charge in [-0.05, 0) is 45.7 Å². The van der Waals surface area contributed by atoms with Crippen LogP contribution < -0.4 is 19.9 Å². The van der Waals surface area contributed by atoms with Gasteiger partial charge in [0, 0.05) is 24.7 Å². The molecule has 1 amide bonds. The Morgan fingerprint density at radius 1 is 1.12 bits per heavy atom. The van der Waals surface area contributed by atoms with E-state index in [4.69, 9.17) is 19.9 Å². The third kappa shape index (κ3) is 3.93. The predicted molar refractivity (Wildman–Crippen MR) is 93.1 cm³/mol. The van der Waals surface area contributed by atoms with Crippen LogP contribution in [-0.2, 0) is 0 Å². The van der Waals surface area contributed by atoms with Crippen molar-refractivity contribution in [3.8, 4) is 17.2 Å². The van der Waals surface area contributed by atoms with Gasteiger partial charge in [0.25, 0.3) is 5.91 Å². The lowest BCUT2D eigenvalue weighted by molar-refractivity contribution is 0.0740. The van der Waals surface area contributed by atoms with Gasteiger partial charge in [-0.3, -0.25) is 4.79 Å². The summed E-state index contributed by atoms with van der Waals surface area (Å²) in [5.74, 6) is 1.59. The summed E-state index contributed by atoms with van der Waals surface area (Å²) in [6, 6.07) is 3.59. The lowest BCUT2D eigenvalue weighted by Gasteiger charge is -2.24. The second-order valence-electron chi connectivity index (χ2n) is 5.63. The summed E-state index contributed by atoms with van der Waals surface area (Å²) in [5, 5.41) is 0. The van der Waals surface area contributed by atoms with Gasteiger partial charge in [0.2, 0.25) is 5.75 Å². The molecule has 1 atom stereocenters. The summed E-state index contributed by atoms with van der Waals surface area (Å²) in [7, 11) is 0. The van der Waals surface area contributed by atoms with Gasteiger partial charge in [0.1, 0.15) is 0 Å². The number of nitrogens with two attached hydrogens (primary N) is 1. The summed E-state index contributed by atoms with van der Waals surface area (Å²) in [6.07, 6.45) is 1.94. The van der Waals surface area contributed by atoms with Crippen molar-refractivity contribution in [3.63, 3.8) is 0 Å². The third-order valence-corrected chi connectivity index (χ3v) is 4.07. The van der Waals surface area contributed by atoms with E-state index < -0.39 is 0 Å². The molecule has 24 heavy (non-hydrogen) atoms. The first kappa shape index (κ1) is 18.4. The average molecular weight is 336 g/mol. The van der Waals surface area contributed by atoms with Crippen molar-refractivity contribution in [1.29, 1.82) is 0 Å². The molecule has 6 nitrogen and oxygen atoms in total. The monoisotopic (exact) mass is 336 g/mol. The van der Waals surface area contributed by atoms with Crippen molar-refractivity contribution < 1.29 is 19.0 Å². The van der Waals surface area contributed by atoms with Gasteiger partial charge in [0.05, 0.1) is 19.8 Å². The number of amides is 1. The van der Waals surface area contributed by atoms with Crippen molar-refractivity contribution >= 4 is 5.91 Å². The Bertz CT molecular complexity index is 535. The zero-order valence-electron chi connectivity index (χ0n) is 14.8. The van der Waals surface area contributed by atoms with E-state index in [1.165, 1.54) is 0 Å². The molecule has 2 rings (SSSR count). The molecule has 1 aromatic carbocycles. The summed E-state index contributed by atoms with van der Waals surface area (Å²) in [6.45, 7) is 8.39. The fourth-order valence-electron chi connectivity index (χ4n) is 3.03. The number of hydrogen-bond acceptors (Lipinski definition) is 5. The topological polar surface area (TPSA) is 74.0 Å². The third-order valence-electron chi connectivity index (χ3n) is 4.07. The molecule has 0 radical (unpaired) electrons. The van der Waals surface area contributed by atoms with Crippen LogP contribution in [0.15, 0.2) is 12.1 Å². The van der Waals surface area contributed by atoms with Crippen LogP contribution in [0.1, 0.15) is 44.0 Å². The van der Waals surface area contributed by atoms with Crippen LogP contribution in [0, 0.1) is 0 Å². The Labute approximate surface area is 143 Å². The highest BCUT2D eigenvalue weighted by Gasteiger charge is 2.29. The second kappa shape index (κ2) is 8.78. The van der Waals surface area contributed by atoms with E-state index >= 15 is 0 Å². The quantitative estimate of drug-likeness (QED) is 0.789. The molecule has 0 bridgehead atoms. The highest BCUT2D eigenvalue weighted by Crippen LogP contribution is 2.39. The highest BCUT2D eigenvalue weighted by atomic mass is 16.5. The van der Waals surface area contributed by atoms with Crippen molar-refractivity contribution in [2.24, 2.45) is 5.73 Å². The SMILES string of the molecule is CCOc1cc(C(=O)N2CCCC2CN)cc(OCC)c1OCC. The van der Waals surface area contributed by atoms with Crippen LogP contribution in [0.25, 0.3) is 0 Å². The maximum atomic E-state index is 12.9. The largest absolute Gasteiger partial charge is 0.490 e. The minimum absolute atomic E-state index is 0.0343. The standard InChI is InChI=1S/C18H28N2O4/c1-4-22-15-10-13(11-16(23-5-2)17(15)24-6-3)18(21)20-9-7-8-14(20)12-19/h10-11,14H,4-9,12,19H2,1-3H3. The number of rotatable bonds is 8. The Kier molecular flexibility index (Phi) is 6.73. The van der Waals surface area contributed by atoms with Gasteiger partial charge in [0.15, 0.2) is 11.5 Å². The predicted octanol–water partition coefficient (Wildman–Crippen LogP) is 2.45. The number of carbonyl (C=O) groups is 1. The van der Waals surface area contributed by atoms with Gasteiger partial charge in [-0.15, -0.1) is 0 Å². The smallest absolute Gasteiger partial charge is 0.254 e. The number of hydrogen-bond donors (Lipinski definition) is 1. The van der Waals surface area contributed by atoms with Gasteiger partial charge in [-0.1, -0.05) is 0 Å². The van der Waals surface area contributed by atoms with Gasteiger partial charge in [-0.25, -0.2) is 0 Å². The summed E-state index contributed by atoms with van der Waals surface area (Å²) >= 11 is 0. The first-order valence-electron chi connectivity index (χ1n) is 8.73. The molecular weight excluding hydrogens is 308 g/mol. The van der Waals surface area contributed by atoms with Crippen LogP contribution in [0.5, 0.6) is 17.2 Å². The van der Waals surface area contributed by atoms with Crippen molar-refractivity contribution in [1.82, 2.24) is 4.90 Å². The first-order chi connectivity index (χ1) is 11.7. The Morgan fingerprint density at radius 2 is 1.71 bits per heavy atom. The van der Waals surface area contributed by atoms with Crippen molar-refractivity contribution in [2.45, 2.75) is 39.7 Å². The lowest BCUT2D eigenvalue weighted by atomic mass is 10.1. The molecule has 1 heterocycles. The molecule has 1 aliphatic heterocycles. The fourth-order valence-corrected chi connectivity index (χ4v) is 3.03. The molecule has 6 heteroatoms. The number of nitrogens with zero attached hydrogens (tertiary/aromatic N) is 1. The molecule has 0 aliphatic carbocycles. The van der Waals surface area contributed by atoms with E-state index in [1.54, 1.807) is 12.1 Å². The minimum atomic E-state index is -0.0343. The molecule has 2 N–H and O–H groups in total. The van der Waals surface area contributed by atoms with E-state index in [1.807, 2.05) is 25.7 Å². The Balaban J connectivity index is 2.40. The van der Waals surface area contributed by atoms with E-state index in [9.17, 15) is 4.79 Å². The molecule has 1 aromatic rings. The zero-order chi connectivity index (χ0) is 17.5. The van der Waals surface area contributed by atoms with Crippen LogP contribution in [0.3, 0.4) is 0 Å². The number of carbonyl (C=O) groups excluding carboxylic acids is 1. The van der Waals surface area contributed by atoms with Crippen LogP contribution in [-0.4, -0.2) is 49.8 Å². The molecule has 1 saturated heterocycles. The molecule has 1 fully saturated rings. The molecule has 1 aliphatic rings. The minimum Gasteiger partial charge on any atom is -0.490 e. The van der Waals surface area contributed by atoms with E-state index in [0.717, 1.165) is 19.4 Å². The Hall–Kier alpha value is -1.95. The van der Waals surface area contributed by atoms with Gasteiger partial charge >= 0.3 is 0 Å². The fraction of sp³-hybridized carbons (Fsp3) is 0.611.